The lowest BCUT2D eigenvalue weighted by molar-refractivity contribution is -0.134. The average Bonchev–Trinajstić information content (AvgIpc) is 2.79. The maximum atomic E-state index is 11.8. The van der Waals surface area contributed by atoms with Crippen LogP contribution < -0.4 is 11.3 Å². The average molecular weight is 270 g/mol. The molecule has 2 aliphatic heterocycles. The summed E-state index contributed by atoms with van der Waals surface area (Å²) in [5.74, 6) is 4.97. The number of amides is 2. The molecule has 0 bridgehead atoms. The number of carbonyl (C=O) groups excluding carboxylic acids is 2. The molecular weight excluding hydrogens is 248 g/mol. The maximum absolute atomic E-state index is 11.8. The van der Waals surface area contributed by atoms with Gasteiger partial charge in [-0.3, -0.25) is 19.9 Å². The van der Waals surface area contributed by atoms with Crippen molar-refractivity contribution in [3.8, 4) is 0 Å². The summed E-state index contributed by atoms with van der Waals surface area (Å²) < 4.78 is 5.66. The first-order valence-corrected chi connectivity index (χ1v) is 6.72. The van der Waals surface area contributed by atoms with Crippen LogP contribution in [0.25, 0.3) is 0 Å². The van der Waals surface area contributed by atoms with Crippen LogP contribution in [-0.4, -0.2) is 67.0 Å². The molecule has 2 saturated heterocycles. The van der Waals surface area contributed by atoms with Crippen LogP contribution in [-0.2, 0) is 14.3 Å². The van der Waals surface area contributed by atoms with Gasteiger partial charge >= 0.3 is 0 Å². The van der Waals surface area contributed by atoms with Crippen molar-refractivity contribution in [2.75, 3.05) is 33.2 Å². The minimum atomic E-state index is -0.444. The molecule has 2 amide bonds. The second-order valence-corrected chi connectivity index (χ2v) is 5.24. The lowest BCUT2D eigenvalue weighted by Crippen LogP contribution is -2.41. The highest BCUT2D eigenvalue weighted by atomic mass is 16.5. The van der Waals surface area contributed by atoms with Gasteiger partial charge in [-0.1, -0.05) is 0 Å². The second kappa shape index (κ2) is 6.31. The smallest absolute Gasteiger partial charge is 0.263 e. The number of hydrogen-bond acceptors (Lipinski definition) is 5. The zero-order valence-corrected chi connectivity index (χ0v) is 11.3. The van der Waals surface area contributed by atoms with Crippen LogP contribution in [0.5, 0.6) is 0 Å². The van der Waals surface area contributed by atoms with Gasteiger partial charge in [0, 0.05) is 26.7 Å². The molecule has 7 nitrogen and oxygen atoms in total. The molecule has 0 radical (unpaired) electrons. The van der Waals surface area contributed by atoms with E-state index in [1.807, 2.05) is 7.05 Å². The Morgan fingerprint density at radius 1 is 1.47 bits per heavy atom. The highest BCUT2D eigenvalue weighted by Crippen LogP contribution is 2.21. The van der Waals surface area contributed by atoms with E-state index in [4.69, 9.17) is 10.6 Å². The van der Waals surface area contributed by atoms with Crippen molar-refractivity contribution in [1.82, 2.24) is 15.2 Å². The molecule has 2 atom stereocenters. The van der Waals surface area contributed by atoms with Crippen molar-refractivity contribution >= 4 is 11.8 Å². The number of carbonyl (C=O) groups is 2. The van der Waals surface area contributed by atoms with Gasteiger partial charge in [0.2, 0.25) is 5.91 Å². The van der Waals surface area contributed by atoms with Crippen LogP contribution in [0.1, 0.15) is 19.3 Å². The standard InChI is InChI=1S/C12H22N4O3/c1-15-5-2-6-16(8-11(15)17)7-9-3-4-10(19-9)12(18)14-13/h9-10H,2-8,13H2,1H3,(H,14,18). The van der Waals surface area contributed by atoms with Crippen LogP contribution in [0.4, 0.5) is 0 Å². The highest BCUT2D eigenvalue weighted by Gasteiger charge is 2.32. The highest BCUT2D eigenvalue weighted by molar-refractivity contribution is 5.80. The van der Waals surface area contributed by atoms with Crippen LogP contribution in [0, 0.1) is 0 Å². The summed E-state index contributed by atoms with van der Waals surface area (Å²) in [6.07, 6.45) is 2.06. The summed E-state index contributed by atoms with van der Waals surface area (Å²) >= 11 is 0. The molecule has 0 aromatic heterocycles. The fraction of sp³-hybridized carbons (Fsp3) is 0.833. The Kier molecular flexibility index (Phi) is 4.73. The van der Waals surface area contributed by atoms with E-state index in [-0.39, 0.29) is 17.9 Å². The predicted molar refractivity (Wildman–Crippen MR) is 68.9 cm³/mol. The lowest BCUT2D eigenvalue weighted by Gasteiger charge is -2.23. The van der Waals surface area contributed by atoms with E-state index in [2.05, 4.69) is 10.3 Å². The molecule has 19 heavy (non-hydrogen) atoms. The van der Waals surface area contributed by atoms with E-state index in [1.165, 1.54) is 0 Å². The van der Waals surface area contributed by atoms with Gasteiger partial charge in [0.15, 0.2) is 0 Å². The molecule has 0 spiro atoms. The SMILES string of the molecule is CN1CCCN(CC2CCC(C(=O)NN)O2)CC1=O. The molecule has 7 heteroatoms. The topological polar surface area (TPSA) is 87.9 Å². The van der Waals surface area contributed by atoms with Crippen molar-refractivity contribution in [2.24, 2.45) is 5.84 Å². The van der Waals surface area contributed by atoms with Crippen LogP contribution in [0.2, 0.25) is 0 Å². The van der Waals surface area contributed by atoms with E-state index in [9.17, 15) is 9.59 Å². The van der Waals surface area contributed by atoms with E-state index >= 15 is 0 Å². The number of nitrogens with two attached hydrogens (primary N) is 1. The van der Waals surface area contributed by atoms with Crippen molar-refractivity contribution in [3.63, 3.8) is 0 Å². The quantitative estimate of drug-likeness (QED) is 0.377. The first-order valence-electron chi connectivity index (χ1n) is 6.72. The van der Waals surface area contributed by atoms with Gasteiger partial charge in [0.25, 0.3) is 5.91 Å². The van der Waals surface area contributed by atoms with Crippen LogP contribution in [0.15, 0.2) is 0 Å². The molecule has 108 valence electrons. The van der Waals surface area contributed by atoms with Crippen molar-refractivity contribution in [3.05, 3.63) is 0 Å². The zero-order chi connectivity index (χ0) is 13.8. The first-order chi connectivity index (χ1) is 9.10. The number of rotatable bonds is 3. The summed E-state index contributed by atoms with van der Waals surface area (Å²) in [6.45, 7) is 2.83. The minimum Gasteiger partial charge on any atom is -0.364 e. The van der Waals surface area contributed by atoms with E-state index in [1.54, 1.807) is 4.90 Å². The number of ether oxygens (including phenoxy) is 1. The molecule has 2 heterocycles. The molecule has 0 saturated carbocycles. The molecule has 3 N–H and O–H groups in total. The Labute approximate surface area is 113 Å². The van der Waals surface area contributed by atoms with Gasteiger partial charge in [0.1, 0.15) is 6.10 Å². The van der Waals surface area contributed by atoms with Crippen molar-refractivity contribution in [2.45, 2.75) is 31.5 Å². The summed E-state index contributed by atoms with van der Waals surface area (Å²) in [6, 6.07) is 0. The molecule has 2 aliphatic rings. The monoisotopic (exact) mass is 270 g/mol. The Morgan fingerprint density at radius 2 is 2.26 bits per heavy atom. The molecule has 0 aromatic rings. The third-order valence-corrected chi connectivity index (χ3v) is 3.76. The predicted octanol–water partition coefficient (Wildman–Crippen LogP) is -1.31. The fourth-order valence-corrected chi connectivity index (χ4v) is 2.62. The number of hydrazine groups is 1. The summed E-state index contributed by atoms with van der Waals surface area (Å²) in [4.78, 5) is 27.0. The van der Waals surface area contributed by atoms with Gasteiger partial charge < -0.3 is 9.64 Å². The Morgan fingerprint density at radius 3 is 3.00 bits per heavy atom. The van der Waals surface area contributed by atoms with E-state index in [0.717, 1.165) is 25.9 Å². The molecule has 2 fully saturated rings. The number of nitrogens with one attached hydrogen (secondary N) is 1. The molecular formula is C12H22N4O3. The second-order valence-electron chi connectivity index (χ2n) is 5.24. The van der Waals surface area contributed by atoms with Gasteiger partial charge in [-0.25, -0.2) is 5.84 Å². The van der Waals surface area contributed by atoms with Gasteiger partial charge in [-0.15, -0.1) is 0 Å². The molecule has 2 unspecified atom stereocenters. The Balaban J connectivity index is 1.82. The Bertz CT molecular complexity index is 350. The third kappa shape index (κ3) is 3.65. The van der Waals surface area contributed by atoms with Crippen LogP contribution in [0.3, 0.4) is 0 Å². The van der Waals surface area contributed by atoms with Gasteiger partial charge in [-0.2, -0.15) is 0 Å². The largest absolute Gasteiger partial charge is 0.364 e. The number of likely N-dealkylation sites (N-methyl/N-ethyl adjacent to an activating group) is 1. The minimum absolute atomic E-state index is 0.0125. The van der Waals surface area contributed by atoms with Crippen molar-refractivity contribution in [1.29, 1.82) is 0 Å². The van der Waals surface area contributed by atoms with Gasteiger partial charge in [-0.05, 0) is 19.3 Å². The summed E-state index contributed by atoms with van der Waals surface area (Å²) in [5.41, 5.74) is 2.12. The van der Waals surface area contributed by atoms with E-state index < -0.39 is 6.10 Å². The summed E-state index contributed by atoms with van der Waals surface area (Å²) in [5, 5.41) is 0. The maximum Gasteiger partial charge on any atom is 0.263 e. The first kappa shape index (κ1) is 14.2. The number of nitrogens with zero attached hydrogens (tertiary/aromatic N) is 2. The molecule has 0 aromatic carbocycles. The number of hydrogen-bond donors (Lipinski definition) is 2. The Hall–Kier alpha value is -1.18. The summed E-state index contributed by atoms with van der Waals surface area (Å²) in [7, 11) is 1.83. The molecule has 2 rings (SSSR count). The van der Waals surface area contributed by atoms with Crippen LogP contribution >= 0.6 is 0 Å². The fourth-order valence-electron chi connectivity index (χ4n) is 2.62. The molecule has 0 aliphatic carbocycles. The lowest BCUT2D eigenvalue weighted by atomic mass is 10.2. The van der Waals surface area contributed by atoms with Crippen molar-refractivity contribution < 1.29 is 14.3 Å². The van der Waals surface area contributed by atoms with Gasteiger partial charge in [0.05, 0.1) is 12.6 Å². The van der Waals surface area contributed by atoms with E-state index in [0.29, 0.717) is 19.5 Å². The third-order valence-electron chi connectivity index (χ3n) is 3.76. The zero-order valence-electron chi connectivity index (χ0n) is 11.3. The normalized spacial score (nSPS) is 29.4.